The fraction of sp³-hybridized carbons (Fsp3) is 0. The second-order valence-electron chi connectivity index (χ2n) is 11.4. The lowest BCUT2D eigenvalue weighted by Gasteiger charge is -2.10. The predicted octanol–water partition coefficient (Wildman–Crippen LogP) is 12.4. The van der Waals surface area contributed by atoms with Crippen molar-refractivity contribution in [3.05, 3.63) is 158 Å². The molecule has 0 amide bonds. The Morgan fingerprint density at radius 2 is 0.955 bits per heavy atom. The van der Waals surface area contributed by atoms with Gasteiger partial charge < -0.3 is 4.98 Å². The van der Waals surface area contributed by atoms with Crippen LogP contribution in [-0.4, -0.2) is 4.98 Å². The van der Waals surface area contributed by atoms with Gasteiger partial charge in [-0.3, -0.25) is 0 Å². The van der Waals surface area contributed by atoms with Crippen LogP contribution in [0.25, 0.3) is 86.5 Å². The number of H-pyrrole nitrogens is 1. The maximum atomic E-state index is 3.74. The van der Waals surface area contributed by atoms with E-state index in [4.69, 9.17) is 0 Å². The summed E-state index contributed by atoms with van der Waals surface area (Å²) in [6.45, 7) is 0. The van der Waals surface area contributed by atoms with Crippen LogP contribution in [0.15, 0.2) is 158 Å². The zero-order valence-electron chi connectivity index (χ0n) is 23.9. The van der Waals surface area contributed by atoms with E-state index in [-0.39, 0.29) is 0 Å². The molecular formula is C42H27NS. The van der Waals surface area contributed by atoms with E-state index in [1.54, 1.807) is 0 Å². The number of hydrogen-bond donors (Lipinski definition) is 1. The molecule has 0 saturated heterocycles. The van der Waals surface area contributed by atoms with Crippen molar-refractivity contribution >= 4 is 53.3 Å². The summed E-state index contributed by atoms with van der Waals surface area (Å²) in [4.78, 5) is 3.74. The number of aromatic amines is 1. The molecule has 44 heavy (non-hydrogen) atoms. The van der Waals surface area contributed by atoms with Gasteiger partial charge >= 0.3 is 0 Å². The average Bonchev–Trinajstić information content (AvgIpc) is 3.67. The summed E-state index contributed by atoms with van der Waals surface area (Å²) in [5, 5.41) is 5.17. The van der Waals surface area contributed by atoms with Crippen LogP contribution in [0, 0.1) is 0 Å². The maximum absolute atomic E-state index is 3.74. The van der Waals surface area contributed by atoms with E-state index < -0.39 is 0 Å². The summed E-state index contributed by atoms with van der Waals surface area (Å²) >= 11 is 1.88. The highest BCUT2D eigenvalue weighted by Gasteiger charge is 2.13. The molecule has 1 nitrogen and oxygen atoms in total. The smallest absolute Gasteiger partial charge is 0.0544 e. The summed E-state index contributed by atoms with van der Waals surface area (Å²) in [6.07, 6.45) is 0. The summed E-state index contributed by atoms with van der Waals surface area (Å²) in [6, 6.07) is 57.3. The van der Waals surface area contributed by atoms with Crippen LogP contribution < -0.4 is 0 Å². The number of benzene rings is 7. The van der Waals surface area contributed by atoms with Crippen molar-refractivity contribution in [2.24, 2.45) is 0 Å². The van der Waals surface area contributed by atoms with Crippen molar-refractivity contribution in [3.8, 4) is 44.5 Å². The Labute approximate surface area is 259 Å². The average molecular weight is 578 g/mol. The lowest BCUT2D eigenvalue weighted by atomic mass is 9.95. The number of para-hydroxylation sites is 1. The lowest BCUT2D eigenvalue weighted by Crippen LogP contribution is -1.85. The van der Waals surface area contributed by atoms with E-state index in [0.717, 1.165) is 5.52 Å². The van der Waals surface area contributed by atoms with Crippen molar-refractivity contribution in [1.82, 2.24) is 4.98 Å². The van der Waals surface area contributed by atoms with Crippen molar-refractivity contribution in [1.29, 1.82) is 0 Å². The molecule has 9 aromatic rings. The molecule has 2 heteroatoms. The first-order valence-corrected chi connectivity index (χ1v) is 15.8. The van der Waals surface area contributed by atoms with E-state index in [1.807, 2.05) is 11.3 Å². The first-order valence-electron chi connectivity index (χ1n) is 15.0. The van der Waals surface area contributed by atoms with E-state index in [2.05, 4.69) is 163 Å². The Kier molecular flexibility index (Phi) is 5.75. The molecular weight excluding hydrogens is 551 g/mol. The van der Waals surface area contributed by atoms with Crippen molar-refractivity contribution < 1.29 is 0 Å². The molecule has 0 aliphatic rings. The second kappa shape index (κ2) is 10.1. The molecule has 0 aliphatic heterocycles. The highest BCUT2D eigenvalue weighted by molar-refractivity contribution is 7.26. The van der Waals surface area contributed by atoms with E-state index in [9.17, 15) is 0 Å². The molecule has 0 fully saturated rings. The van der Waals surface area contributed by atoms with Crippen LogP contribution in [0.5, 0.6) is 0 Å². The number of fused-ring (bicyclic) bond motifs is 6. The molecule has 0 atom stereocenters. The minimum atomic E-state index is 1.16. The van der Waals surface area contributed by atoms with Crippen LogP contribution in [0.4, 0.5) is 0 Å². The van der Waals surface area contributed by atoms with E-state index in [0.29, 0.717) is 0 Å². The molecule has 9 rings (SSSR count). The zero-order chi connectivity index (χ0) is 29.0. The molecule has 206 valence electrons. The SMILES string of the molecule is c1ccc(-c2ccc3[nH]c4c(-c5cccc(-c6cccc(-c7cccc8c7sc7ccccc78)c6)c5)cccc4c3c2)cc1. The Morgan fingerprint density at radius 3 is 1.77 bits per heavy atom. The standard InChI is InChI=1S/C42H27NS/c1-2-10-27(11-3-1)30-22-23-39-38(26-30)36-19-8-17-33(41(36)43-39)31-14-6-12-28(24-31)29-13-7-15-32(25-29)34-18-9-20-37-35-16-4-5-21-40(35)44-42(34)37/h1-26,43H. The third-order valence-corrected chi connectivity index (χ3v) is 10.0. The number of rotatable bonds is 4. The van der Waals surface area contributed by atoms with Gasteiger partial charge in [0.25, 0.3) is 0 Å². The number of nitrogens with one attached hydrogen (secondary N) is 1. The van der Waals surface area contributed by atoms with Crippen LogP contribution in [-0.2, 0) is 0 Å². The molecule has 2 heterocycles. The number of thiophene rings is 1. The summed E-state index contributed by atoms with van der Waals surface area (Å²) < 4.78 is 2.68. The third-order valence-electron chi connectivity index (χ3n) is 8.83. The fourth-order valence-electron chi connectivity index (χ4n) is 6.68. The van der Waals surface area contributed by atoms with Crippen LogP contribution >= 0.6 is 11.3 Å². The van der Waals surface area contributed by atoms with Gasteiger partial charge in [0.1, 0.15) is 0 Å². The summed E-state index contributed by atoms with van der Waals surface area (Å²) in [5.74, 6) is 0. The Bertz CT molecular complexity index is 2500. The van der Waals surface area contributed by atoms with Crippen molar-refractivity contribution in [3.63, 3.8) is 0 Å². The Balaban J connectivity index is 1.14. The Morgan fingerprint density at radius 1 is 0.364 bits per heavy atom. The Hall–Kier alpha value is -5.44. The van der Waals surface area contributed by atoms with Gasteiger partial charge in [0.2, 0.25) is 0 Å². The lowest BCUT2D eigenvalue weighted by molar-refractivity contribution is 1.53. The van der Waals surface area contributed by atoms with Crippen molar-refractivity contribution in [2.75, 3.05) is 0 Å². The van der Waals surface area contributed by atoms with E-state index in [1.165, 1.54) is 81.0 Å². The zero-order valence-corrected chi connectivity index (χ0v) is 24.7. The quantitative estimate of drug-likeness (QED) is 0.214. The molecule has 0 spiro atoms. The van der Waals surface area contributed by atoms with Crippen molar-refractivity contribution in [2.45, 2.75) is 0 Å². The van der Waals surface area contributed by atoms with Gasteiger partial charge in [0.05, 0.1) is 5.52 Å². The van der Waals surface area contributed by atoms with Gasteiger partial charge in [0, 0.05) is 42.0 Å². The highest BCUT2D eigenvalue weighted by atomic mass is 32.1. The molecule has 1 N–H and O–H groups in total. The molecule has 0 unspecified atom stereocenters. The van der Waals surface area contributed by atoms with Crippen LogP contribution in [0.1, 0.15) is 0 Å². The number of aromatic nitrogens is 1. The number of hydrogen-bond acceptors (Lipinski definition) is 1. The minimum absolute atomic E-state index is 1.16. The first kappa shape index (κ1) is 25.1. The second-order valence-corrected chi connectivity index (χ2v) is 12.5. The molecule has 0 bridgehead atoms. The normalized spacial score (nSPS) is 11.6. The highest BCUT2D eigenvalue weighted by Crippen LogP contribution is 2.41. The molecule has 2 aromatic heterocycles. The fourth-order valence-corrected chi connectivity index (χ4v) is 7.92. The molecule has 7 aromatic carbocycles. The van der Waals surface area contributed by atoms with Crippen LogP contribution in [0.2, 0.25) is 0 Å². The predicted molar refractivity (Wildman–Crippen MR) is 190 cm³/mol. The molecule has 0 saturated carbocycles. The van der Waals surface area contributed by atoms with Gasteiger partial charge in [-0.15, -0.1) is 11.3 Å². The third kappa shape index (κ3) is 4.07. The summed E-state index contributed by atoms with van der Waals surface area (Å²) in [5.41, 5.74) is 12.2. The van der Waals surface area contributed by atoms with Gasteiger partial charge in [-0.2, -0.15) is 0 Å². The maximum Gasteiger partial charge on any atom is 0.0544 e. The van der Waals surface area contributed by atoms with Gasteiger partial charge in [0.15, 0.2) is 0 Å². The topological polar surface area (TPSA) is 15.8 Å². The molecule has 0 aliphatic carbocycles. The van der Waals surface area contributed by atoms with Crippen LogP contribution in [0.3, 0.4) is 0 Å². The van der Waals surface area contributed by atoms with Gasteiger partial charge in [-0.05, 0) is 69.3 Å². The first-order chi connectivity index (χ1) is 21.8. The van der Waals surface area contributed by atoms with Gasteiger partial charge in [-0.1, -0.05) is 127 Å². The minimum Gasteiger partial charge on any atom is -0.354 e. The monoisotopic (exact) mass is 577 g/mol. The van der Waals surface area contributed by atoms with E-state index >= 15 is 0 Å². The molecule has 0 radical (unpaired) electrons. The van der Waals surface area contributed by atoms with Gasteiger partial charge in [-0.25, -0.2) is 0 Å². The largest absolute Gasteiger partial charge is 0.354 e. The summed E-state index contributed by atoms with van der Waals surface area (Å²) in [7, 11) is 0.